The number of rotatable bonds is 2. The smallest absolute Gasteiger partial charge is 0.100 e. The van der Waals surface area contributed by atoms with Crippen LogP contribution in [0.4, 0.5) is 0 Å². The van der Waals surface area contributed by atoms with E-state index in [2.05, 4.69) is 15.9 Å². The summed E-state index contributed by atoms with van der Waals surface area (Å²) in [5.74, 6) is 0. The Bertz CT molecular complexity index is 346. The van der Waals surface area contributed by atoms with E-state index in [4.69, 9.17) is 16.1 Å². The molecule has 1 aromatic carbocycles. The Kier molecular flexibility index (Phi) is 3.43. The summed E-state index contributed by atoms with van der Waals surface area (Å²) in [6.07, 6.45) is 0. The van der Waals surface area contributed by atoms with Crippen LogP contribution in [0.25, 0.3) is 0 Å². The van der Waals surface area contributed by atoms with E-state index in [1.165, 1.54) is 0 Å². The Labute approximate surface area is 84.9 Å². The normalized spacial score (nSPS) is 12.2. The SMILES string of the molecule is N#Cc1cc(C(N)CO)ccc1Br. The molecule has 0 aliphatic rings. The summed E-state index contributed by atoms with van der Waals surface area (Å²) in [6, 6.07) is 6.82. The first-order valence-electron chi connectivity index (χ1n) is 3.75. The van der Waals surface area contributed by atoms with Crippen LogP contribution in [0.5, 0.6) is 0 Å². The zero-order chi connectivity index (χ0) is 9.84. The molecule has 0 aliphatic carbocycles. The summed E-state index contributed by atoms with van der Waals surface area (Å²) < 4.78 is 0.740. The monoisotopic (exact) mass is 240 g/mol. The molecule has 0 spiro atoms. The van der Waals surface area contributed by atoms with E-state index in [9.17, 15) is 0 Å². The molecule has 3 nitrogen and oxygen atoms in total. The number of nitrogens with two attached hydrogens (primary N) is 1. The van der Waals surface area contributed by atoms with Crippen molar-refractivity contribution >= 4 is 15.9 Å². The Morgan fingerprint density at radius 1 is 1.62 bits per heavy atom. The molecule has 4 heteroatoms. The van der Waals surface area contributed by atoms with Crippen LogP contribution in [0.15, 0.2) is 22.7 Å². The number of nitriles is 1. The van der Waals surface area contributed by atoms with Gasteiger partial charge in [0.05, 0.1) is 18.2 Å². The number of halogens is 1. The summed E-state index contributed by atoms with van der Waals surface area (Å²) >= 11 is 3.24. The highest BCUT2D eigenvalue weighted by Crippen LogP contribution is 2.20. The highest BCUT2D eigenvalue weighted by molar-refractivity contribution is 9.10. The van der Waals surface area contributed by atoms with Crippen LogP contribution in [0.3, 0.4) is 0 Å². The van der Waals surface area contributed by atoms with Crippen molar-refractivity contribution in [3.63, 3.8) is 0 Å². The van der Waals surface area contributed by atoms with E-state index in [1.54, 1.807) is 18.2 Å². The highest BCUT2D eigenvalue weighted by Gasteiger charge is 2.06. The molecule has 3 N–H and O–H groups in total. The van der Waals surface area contributed by atoms with Gasteiger partial charge in [0.1, 0.15) is 6.07 Å². The molecule has 0 aromatic heterocycles. The second-order valence-corrected chi connectivity index (χ2v) is 3.49. The number of nitrogens with zero attached hydrogens (tertiary/aromatic N) is 1. The Morgan fingerprint density at radius 2 is 2.31 bits per heavy atom. The second kappa shape index (κ2) is 4.38. The number of hydrogen-bond acceptors (Lipinski definition) is 3. The average Bonchev–Trinajstić information content (AvgIpc) is 2.17. The van der Waals surface area contributed by atoms with E-state index in [1.807, 2.05) is 6.07 Å². The molecule has 1 atom stereocenters. The van der Waals surface area contributed by atoms with Gasteiger partial charge in [0.25, 0.3) is 0 Å². The molecule has 0 amide bonds. The maximum absolute atomic E-state index is 8.80. The van der Waals surface area contributed by atoms with Gasteiger partial charge in [-0.05, 0) is 33.6 Å². The van der Waals surface area contributed by atoms with E-state index in [-0.39, 0.29) is 6.61 Å². The second-order valence-electron chi connectivity index (χ2n) is 2.64. The largest absolute Gasteiger partial charge is 0.394 e. The van der Waals surface area contributed by atoms with Gasteiger partial charge in [0, 0.05) is 4.47 Å². The third-order valence-corrected chi connectivity index (χ3v) is 2.43. The predicted octanol–water partition coefficient (Wildman–Crippen LogP) is 1.31. The maximum atomic E-state index is 8.80. The van der Waals surface area contributed by atoms with Gasteiger partial charge in [0.15, 0.2) is 0 Å². The standard InChI is InChI=1S/C9H9BrN2O/c10-8-2-1-6(9(12)5-13)3-7(8)4-11/h1-3,9,13H,5,12H2. The van der Waals surface area contributed by atoms with Crippen LogP contribution in [0.2, 0.25) is 0 Å². The predicted molar refractivity (Wildman–Crippen MR) is 52.9 cm³/mol. The lowest BCUT2D eigenvalue weighted by atomic mass is 10.1. The number of hydrogen-bond donors (Lipinski definition) is 2. The molecular weight excluding hydrogens is 232 g/mol. The average molecular weight is 241 g/mol. The van der Waals surface area contributed by atoms with Crippen molar-refractivity contribution in [1.29, 1.82) is 5.26 Å². The minimum absolute atomic E-state index is 0.119. The van der Waals surface area contributed by atoms with Gasteiger partial charge in [-0.1, -0.05) is 6.07 Å². The third kappa shape index (κ3) is 2.28. The fourth-order valence-electron chi connectivity index (χ4n) is 0.965. The molecule has 0 saturated heterocycles. The van der Waals surface area contributed by atoms with Crippen LogP contribution < -0.4 is 5.73 Å². The molecule has 13 heavy (non-hydrogen) atoms. The first kappa shape index (κ1) is 10.2. The molecular formula is C9H9BrN2O. The first-order valence-corrected chi connectivity index (χ1v) is 4.54. The molecule has 0 aliphatic heterocycles. The summed E-state index contributed by atoms with van der Waals surface area (Å²) in [4.78, 5) is 0. The van der Waals surface area contributed by atoms with Gasteiger partial charge in [0.2, 0.25) is 0 Å². The van der Waals surface area contributed by atoms with E-state index >= 15 is 0 Å². The van der Waals surface area contributed by atoms with Crippen molar-refractivity contribution in [3.8, 4) is 6.07 Å². The molecule has 1 unspecified atom stereocenters. The molecule has 0 fully saturated rings. The zero-order valence-electron chi connectivity index (χ0n) is 6.87. The minimum atomic E-state index is -0.416. The van der Waals surface area contributed by atoms with Crippen LogP contribution in [-0.4, -0.2) is 11.7 Å². The number of benzene rings is 1. The van der Waals surface area contributed by atoms with Gasteiger partial charge in [-0.15, -0.1) is 0 Å². The minimum Gasteiger partial charge on any atom is -0.394 e. The van der Waals surface area contributed by atoms with E-state index in [0.717, 1.165) is 10.0 Å². The van der Waals surface area contributed by atoms with E-state index < -0.39 is 6.04 Å². The van der Waals surface area contributed by atoms with Gasteiger partial charge < -0.3 is 10.8 Å². The highest BCUT2D eigenvalue weighted by atomic mass is 79.9. The van der Waals surface area contributed by atoms with Gasteiger partial charge in [-0.25, -0.2) is 0 Å². The molecule has 1 rings (SSSR count). The third-order valence-electron chi connectivity index (χ3n) is 1.74. The Morgan fingerprint density at radius 3 is 2.85 bits per heavy atom. The fraction of sp³-hybridized carbons (Fsp3) is 0.222. The van der Waals surface area contributed by atoms with E-state index in [0.29, 0.717) is 5.56 Å². The maximum Gasteiger partial charge on any atom is 0.100 e. The van der Waals surface area contributed by atoms with Crippen LogP contribution in [-0.2, 0) is 0 Å². The van der Waals surface area contributed by atoms with Crippen molar-refractivity contribution in [2.45, 2.75) is 6.04 Å². The van der Waals surface area contributed by atoms with Gasteiger partial charge >= 0.3 is 0 Å². The molecule has 0 bridgehead atoms. The lowest BCUT2D eigenvalue weighted by molar-refractivity contribution is 0.268. The van der Waals surface area contributed by atoms with Crippen LogP contribution >= 0.6 is 15.9 Å². The van der Waals surface area contributed by atoms with Crippen molar-refractivity contribution in [1.82, 2.24) is 0 Å². The molecule has 0 radical (unpaired) electrons. The summed E-state index contributed by atoms with van der Waals surface area (Å²) in [7, 11) is 0. The fourth-order valence-corrected chi connectivity index (χ4v) is 1.30. The summed E-state index contributed by atoms with van der Waals surface area (Å²) in [6.45, 7) is -0.119. The topological polar surface area (TPSA) is 70.0 Å². The van der Waals surface area contributed by atoms with Crippen molar-refractivity contribution in [3.05, 3.63) is 33.8 Å². The Balaban J connectivity index is 3.08. The molecule has 68 valence electrons. The van der Waals surface area contributed by atoms with Gasteiger partial charge in [-0.3, -0.25) is 0 Å². The number of aliphatic hydroxyl groups excluding tert-OH is 1. The van der Waals surface area contributed by atoms with Crippen molar-refractivity contribution < 1.29 is 5.11 Å². The molecule has 1 aromatic rings. The zero-order valence-corrected chi connectivity index (χ0v) is 8.45. The quantitative estimate of drug-likeness (QED) is 0.820. The van der Waals surface area contributed by atoms with Crippen molar-refractivity contribution in [2.24, 2.45) is 5.73 Å². The van der Waals surface area contributed by atoms with Crippen LogP contribution in [0.1, 0.15) is 17.2 Å². The van der Waals surface area contributed by atoms with Crippen LogP contribution in [0, 0.1) is 11.3 Å². The summed E-state index contributed by atoms with van der Waals surface area (Å²) in [5, 5.41) is 17.5. The lowest BCUT2D eigenvalue weighted by Crippen LogP contribution is -2.14. The first-order chi connectivity index (χ1) is 6.19. The molecule has 0 saturated carbocycles. The number of aliphatic hydroxyl groups is 1. The molecule has 0 heterocycles. The van der Waals surface area contributed by atoms with Gasteiger partial charge in [-0.2, -0.15) is 5.26 Å². The van der Waals surface area contributed by atoms with Crippen molar-refractivity contribution in [2.75, 3.05) is 6.61 Å². The lowest BCUT2D eigenvalue weighted by Gasteiger charge is -2.08. The Hall–Kier alpha value is -0.890. The summed E-state index contributed by atoms with van der Waals surface area (Å²) in [5.41, 5.74) is 6.89.